The molecule has 1 saturated carbocycles. The maximum atomic E-state index is 6.03. The molecule has 19 heavy (non-hydrogen) atoms. The van der Waals surface area contributed by atoms with Crippen molar-refractivity contribution in [1.29, 1.82) is 0 Å². The quantitative estimate of drug-likeness (QED) is 0.885. The normalized spacial score (nSPS) is 25.6. The predicted octanol–water partition coefficient (Wildman–Crippen LogP) is 3.43. The van der Waals surface area contributed by atoms with Gasteiger partial charge in [-0.05, 0) is 36.8 Å². The third-order valence-corrected chi connectivity index (χ3v) is 4.64. The summed E-state index contributed by atoms with van der Waals surface area (Å²) in [6, 6.07) is 8.23. The first-order chi connectivity index (χ1) is 9.28. The Morgan fingerprint density at radius 2 is 2.00 bits per heavy atom. The van der Waals surface area contributed by atoms with Gasteiger partial charge in [0.25, 0.3) is 0 Å². The number of nitrogens with one attached hydrogen (secondary N) is 1. The van der Waals surface area contributed by atoms with Gasteiger partial charge in [0.05, 0.1) is 11.0 Å². The first-order valence-electron chi connectivity index (χ1n) is 7.42. The van der Waals surface area contributed by atoms with Gasteiger partial charge in [0.2, 0.25) is 0 Å². The molecule has 0 bridgehead atoms. The van der Waals surface area contributed by atoms with E-state index in [0.29, 0.717) is 18.4 Å². The first-order valence-corrected chi connectivity index (χ1v) is 7.42. The molecule has 0 radical (unpaired) electrons. The zero-order valence-electron chi connectivity index (χ0n) is 11.6. The van der Waals surface area contributed by atoms with Gasteiger partial charge in [-0.1, -0.05) is 31.9 Å². The Bertz CT molecular complexity index is 505. The van der Waals surface area contributed by atoms with Crippen molar-refractivity contribution in [2.24, 2.45) is 17.6 Å². The van der Waals surface area contributed by atoms with E-state index in [9.17, 15) is 0 Å². The molecule has 1 aromatic heterocycles. The van der Waals surface area contributed by atoms with E-state index in [1.165, 1.54) is 25.7 Å². The van der Waals surface area contributed by atoms with Crippen LogP contribution in [0.4, 0.5) is 0 Å². The minimum atomic E-state index is 0.389. The molecule has 1 heterocycles. The monoisotopic (exact) mass is 257 g/mol. The molecule has 2 aromatic rings. The Labute approximate surface area is 114 Å². The van der Waals surface area contributed by atoms with Gasteiger partial charge in [0.15, 0.2) is 0 Å². The molecule has 1 atom stereocenters. The van der Waals surface area contributed by atoms with E-state index < -0.39 is 0 Å². The van der Waals surface area contributed by atoms with Gasteiger partial charge in [0.1, 0.15) is 5.82 Å². The maximum absolute atomic E-state index is 6.03. The van der Waals surface area contributed by atoms with Crippen molar-refractivity contribution in [3.8, 4) is 0 Å². The molecule has 1 aliphatic carbocycles. The maximum Gasteiger partial charge on any atom is 0.111 e. The van der Waals surface area contributed by atoms with Crippen LogP contribution < -0.4 is 5.73 Å². The molecule has 1 aliphatic rings. The summed E-state index contributed by atoms with van der Waals surface area (Å²) >= 11 is 0. The van der Waals surface area contributed by atoms with Crippen LogP contribution in [0.15, 0.2) is 24.3 Å². The topological polar surface area (TPSA) is 54.7 Å². The number of aromatic amines is 1. The summed E-state index contributed by atoms with van der Waals surface area (Å²) in [5.74, 6) is 3.05. The van der Waals surface area contributed by atoms with Crippen molar-refractivity contribution >= 4 is 11.0 Å². The van der Waals surface area contributed by atoms with E-state index in [0.717, 1.165) is 22.8 Å². The molecule has 1 aromatic carbocycles. The van der Waals surface area contributed by atoms with Gasteiger partial charge in [-0.25, -0.2) is 4.98 Å². The average molecular weight is 257 g/mol. The molecule has 0 aliphatic heterocycles. The molecule has 3 N–H and O–H groups in total. The highest BCUT2D eigenvalue weighted by Crippen LogP contribution is 2.37. The SMILES string of the molecule is CC1CCC(C(CN)c2nc3ccccc3[nH]2)CC1. The lowest BCUT2D eigenvalue weighted by atomic mass is 9.76. The standard InChI is InChI=1S/C16H23N3/c1-11-6-8-12(9-7-11)13(10-17)16-18-14-4-2-3-5-15(14)19-16/h2-5,11-13H,6-10,17H2,1H3,(H,18,19). The van der Waals surface area contributed by atoms with Gasteiger partial charge < -0.3 is 10.7 Å². The van der Waals surface area contributed by atoms with Crippen LogP contribution in [-0.2, 0) is 0 Å². The largest absolute Gasteiger partial charge is 0.342 e. The highest BCUT2D eigenvalue weighted by atomic mass is 14.9. The molecule has 3 rings (SSSR count). The number of H-pyrrole nitrogens is 1. The Balaban J connectivity index is 1.85. The summed E-state index contributed by atoms with van der Waals surface area (Å²) in [7, 11) is 0. The second-order valence-corrected chi connectivity index (χ2v) is 6.00. The van der Waals surface area contributed by atoms with Crippen LogP contribution in [0.1, 0.15) is 44.3 Å². The van der Waals surface area contributed by atoms with E-state index in [2.05, 4.69) is 24.0 Å². The zero-order valence-corrected chi connectivity index (χ0v) is 11.6. The predicted molar refractivity (Wildman–Crippen MR) is 79.0 cm³/mol. The Kier molecular flexibility index (Phi) is 3.56. The third kappa shape index (κ3) is 2.52. The fourth-order valence-corrected chi connectivity index (χ4v) is 3.36. The van der Waals surface area contributed by atoms with E-state index in [4.69, 9.17) is 10.7 Å². The minimum absolute atomic E-state index is 0.389. The van der Waals surface area contributed by atoms with Gasteiger partial charge in [-0.15, -0.1) is 0 Å². The van der Waals surface area contributed by atoms with Crippen molar-refractivity contribution in [3.63, 3.8) is 0 Å². The number of benzene rings is 1. The van der Waals surface area contributed by atoms with Crippen molar-refractivity contribution in [3.05, 3.63) is 30.1 Å². The number of fused-ring (bicyclic) bond motifs is 1. The van der Waals surface area contributed by atoms with Gasteiger partial charge in [-0.2, -0.15) is 0 Å². The average Bonchev–Trinajstić information content (AvgIpc) is 2.85. The van der Waals surface area contributed by atoms with Crippen LogP contribution in [0.25, 0.3) is 11.0 Å². The summed E-state index contributed by atoms with van der Waals surface area (Å²) in [6.07, 6.45) is 5.25. The fraction of sp³-hybridized carbons (Fsp3) is 0.562. The third-order valence-electron chi connectivity index (χ3n) is 4.64. The summed E-state index contributed by atoms with van der Waals surface area (Å²) in [6.45, 7) is 3.05. The van der Waals surface area contributed by atoms with Crippen LogP contribution in [0.5, 0.6) is 0 Å². The Morgan fingerprint density at radius 1 is 1.26 bits per heavy atom. The fourth-order valence-electron chi connectivity index (χ4n) is 3.36. The van der Waals surface area contributed by atoms with Crippen molar-refractivity contribution in [2.75, 3.05) is 6.54 Å². The van der Waals surface area contributed by atoms with E-state index in [1.807, 2.05) is 12.1 Å². The number of nitrogens with zero attached hydrogens (tertiary/aromatic N) is 1. The number of nitrogens with two attached hydrogens (primary N) is 1. The van der Waals surface area contributed by atoms with Gasteiger partial charge >= 0.3 is 0 Å². The van der Waals surface area contributed by atoms with Crippen LogP contribution in [0.3, 0.4) is 0 Å². The highest BCUT2D eigenvalue weighted by Gasteiger charge is 2.28. The molecule has 102 valence electrons. The number of rotatable bonds is 3. The van der Waals surface area contributed by atoms with Crippen LogP contribution in [0.2, 0.25) is 0 Å². The Hall–Kier alpha value is -1.35. The van der Waals surface area contributed by atoms with Crippen molar-refractivity contribution in [2.45, 2.75) is 38.5 Å². The van der Waals surface area contributed by atoms with Crippen molar-refractivity contribution < 1.29 is 0 Å². The smallest absolute Gasteiger partial charge is 0.111 e. The van der Waals surface area contributed by atoms with Crippen LogP contribution >= 0.6 is 0 Å². The van der Waals surface area contributed by atoms with E-state index in [1.54, 1.807) is 0 Å². The number of imidazole rings is 1. The highest BCUT2D eigenvalue weighted by molar-refractivity contribution is 5.74. The van der Waals surface area contributed by atoms with Crippen LogP contribution in [-0.4, -0.2) is 16.5 Å². The minimum Gasteiger partial charge on any atom is -0.342 e. The summed E-state index contributed by atoms with van der Waals surface area (Å²) < 4.78 is 0. The second kappa shape index (κ2) is 5.33. The summed E-state index contributed by atoms with van der Waals surface area (Å²) in [4.78, 5) is 8.21. The first kappa shape index (κ1) is 12.7. The zero-order chi connectivity index (χ0) is 13.2. The Morgan fingerprint density at radius 3 is 2.68 bits per heavy atom. The van der Waals surface area contributed by atoms with Gasteiger partial charge in [-0.3, -0.25) is 0 Å². The van der Waals surface area contributed by atoms with E-state index >= 15 is 0 Å². The molecule has 0 amide bonds. The number of para-hydroxylation sites is 2. The van der Waals surface area contributed by atoms with Gasteiger partial charge in [0, 0.05) is 12.5 Å². The summed E-state index contributed by atoms with van der Waals surface area (Å²) in [5, 5.41) is 0. The molecule has 3 heteroatoms. The molecule has 1 fully saturated rings. The lowest BCUT2D eigenvalue weighted by Crippen LogP contribution is -2.26. The molecule has 1 unspecified atom stereocenters. The van der Waals surface area contributed by atoms with Crippen LogP contribution in [0, 0.1) is 11.8 Å². The molecule has 0 saturated heterocycles. The molecular weight excluding hydrogens is 234 g/mol. The second-order valence-electron chi connectivity index (χ2n) is 6.00. The number of hydrogen-bond acceptors (Lipinski definition) is 2. The number of hydrogen-bond donors (Lipinski definition) is 2. The van der Waals surface area contributed by atoms with E-state index in [-0.39, 0.29) is 0 Å². The van der Waals surface area contributed by atoms with Crippen molar-refractivity contribution in [1.82, 2.24) is 9.97 Å². The summed E-state index contributed by atoms with van der Waals surface area (Å²) in [5.41, 5.74) is 8.21. The molecule has 0 spiro atoms. The number of aromatic nitrogens is 2. The molecular formula is C16H23N3. The lowest BCUT2D eigenvalue weighted by Gasteiger charge is -2.31. The molecule has 3 nitrogen and oxygen atoms in total. The lowest BCUT2D eigenvalue weighted by molar-refractivity contribution is 0.252.